The van der Waals surface area contributed by atoms with E-state index in [0.29, 0.717) is 30.4 Å². The molecule has 2 saturated heterocycles. The van der Waals surface area contributed by atoms with Crippen LogP contribution in [0, 0.1) is 30.1 Å². The van der Waals surface area contributed by atoms with E-state index in [1.807, 2.05) is 39.8 Å². The summed E-state index contributed by atoms with van der Waals surface area (Å²) < 4.78 is 5.44. The lowest BCUT2D eigenvalue weighted by atomic mass is 9.82. The van der Waals surface area contributed by atoms with Gasteiger partial charge in [0.15, 0.2) is 0 Å². The molecule has 0 aromatic heterocycles. The second-order valence-electron chi connectivity index (χ2n) is 13.9. The summed E-state index contributed by atoms with van der Waals surface area (Å²) in [6.07, 6.45) is 15.8. The lowest BCUT2D eigenvalue weighted by Gasteiger charge is -2.39. The Bertz CT molecular complexity index is 1040. The molecule has 4 rings (SSSR count). The van der Waals surface area contributed by atoms with E-state index in [-0.39, 0.29) is 5.91 Å². The van der Waals surface area contributed by atoms with Gasteiger partial charge in [-0.25, -0.2) is 9.80 Å². The van der Waals surface area contributed by atoms with Crippen LogP contribution in [0.4, 0.5) is 4.79 Å². The molecule has 232 valence electrons. The van der Waals surface area contributed by atoms with Gasteiger partial charge in [-0.2, -0.15) is 0 Å². The van der Waals surface area contributed by atoms with Crippen LogP contribution in [0.3, 0.4) is 0 Å². The fourth-order valence-corrected chi connectivity index (χ4v) is 6.87. The van der Waals surface area contributed by atoms with E-state index in [2.05, 4.69) is 33.3 Å². The Morgan fingerprint density at radius 2 is 1.45 bits per heavy atom. The van der Waals surface area contributed by atoms with Crippen LogP contribution in [-0.4, -0.2) is 78.2 Å². The molecule has 7 heteroatoms. The van der Waals surface area contributed by atoms with Gasteiger partial charge >= 0.3 is 6.09 Å². The Labute approximate surface area is 254 Å². The maximum atomic E-state index is 12.9. The summed E-state index contributed by atoms with van der Waals surface area (Å²) in [7, 11) is 0. The Kier molecular flexibility index (Phi) is 11.7. The lowest BCUT2D eigenvalue weighted by Crippen LogP contribution is -2.48. The highest BCUT2D eigenvalue weighted by Crippen LogP contribution is 2.32. The van der Waals surface area contributed by atoms with Gasteiger partial charge in [0.2, 0.25) is 0 Å². The van der Waals surface area contributed by atoms with Crippen molar-refractivity contribution >= 4 is 12.0 Å². The molecule has 2 aliphatic heterocycles. The predicted molar refractivity (Wildman–Crippen MR) is 169 cm³/mol. The van der Waals surface area contributed by atoms with Gasteiger partial charge < -0.3 is 14.5 Å². The van der Waals surface area contributed by atoms with Crippen molar-refractivity contribution in [3.8, 4) is 12.3 Å². The van der Waals surface area contributed by atoms with Gasteiger partial charge in [-0.05, 0) is 140 Å². The number of benzene rings is 1. The highest BCUT2D eigenvalue weighted by Gasteiger charge is 2.28. The number of piperidine rings is 2. The molecule has 1 aromatic rings. The molecular weight excluding hydrogens is 524 g/mol. The molecule has 1 aromatic carbocycles. The molecule has 3 aliphatic rings. The number of hydrogen-bond acceptors (Lipinski definition) is 5. The lowest BCUT2D eigenvalue weighted by molar-refractivity contribution is 0.0133. The van der Waals surface area contributed by atoms with E-state index in [9.17, 15) is 9.59 Å². The summed E-state index contributed by atoms with van der Waals surface area (Å²) in [5.41, 5.74) is 3.96. The number of hydrazine groups is 1. The zero-order valence-corrected chi connectivity index (χ0v) is 26.6. The van der Waals surface area contributed by atoms with Crippen LogP contribution in [-0.2, 0) is 4.74 Å². The van der Waals surface area contributed by atoms with E-state index >= 15 is 0 Å². The molecule has 0 radical (unpaired) electrons. The second kappa shape index (κ2) is 15.3. The van der Waals surface area contributed by atoms with E-state index < -0.39 is 11.7 Å². The van der Waals surface area contributed by atoms with Crippen molar-refractivity contribution in [3.05, 3.63) is 35.4 Å². The maximum absolute atomic E-state index is 12.9. The van der Waals surface area contributed by atoms with Crippen molar-refractivity contribution in [2.75, 3.05) is 45.8 Å². The minimum atomic E-state index is -0.620. The molecule has 2 amide bonds. The first-order valence-electron chi connectivity index (χ1n) is 16.5. The van der Waals surface area contributed by atoms with Gasteiger partial charge in [0.1, 0.15) is 5.60 Å². The number of ether oxygens (including phenoxy) is 1. The highest BCUT2D eigenvalue weighted by molar-refractivity contribution is 5.95. The number of carbonyl (C=O) groups is 2. The highest BCUT2D eigenvalue weighted by atomic mass is 16.6. The number of nitrogens with one attached hydrogen (secondary N) is 1. The minimum absolute atomic E-state index is 0.294. The molecule has 7 nitrogen and oxygen atoms in total. The van der Waals surface area contributed by atoms with Crippen molar-refractivity contribution in [1.82, 2.24) is 20.2 Å². The fraction of sp³-hybridized carbons (Fsp3) is 0.714. The summed E-state index contributed by atoms with van der Waals surface area (Å²) in [6, 6.07) is 7.93. The monoisotopic (exact) mass is 578 g/mol. The molecule has 0 spiro atoms. The molecule has 1 N–H and O–H groups in total. The zero-order valence-electron chi connectivity index (χ0n) is 26.6. The van der Waals surface area contributed by atoms with Crippen LogP contribution < -0.4 is 5.43 Å². The van der Waals surface area contributed by atoms with Crippen LogP contribution >= 0.6 is 0 Å². The SMILES string of the molecule is C#CC1CCC(CN2CCC(CN3CCC(c4ccc(C(=O)NN(CCC)C(=O)OC(C)(C)C)cc4)CC3)CC2)CC1. The van der Waals surface area contributed by atoms with Crippen LogP contribution in [0.25, 0.3) is 0 Å². The number of hydrogen-bond donors (Lipinski definition) is 1. The maximum Gasteiger partial charge on any atom is 0.429 e. The summed E-state index contributed by atoms with van der Waals surface area (Å²) in [5.74, 6) is 5.39. The molecule has 0 unspecified atom stereocenters. The zero-order chi connectivity index (χ0) is 30.1. The number of carbonyl (C=O) groups excluding carboxylic acids is 2. The van der Waals surface area contributed by atoms with E-state index in [1.54, 1.807) is 0 Å². The minimum Gasteiger partial charge on any atom is -0.442 e. The topological polar surface area (TPSA) is 65.1 Å². The third-order valence-corrected chi connectivity index (χ3v) is 9.35. The van der Waals surface area contributed by atoms with Crippen LogP contribution in [0.5, 0.6) is 0 Å². The molecule has 42 heavy (non-hydrogen) atoms. The molecule has 1 saturated carbocycles. The molecular formula is C35H54N4O3. The quantitative estimate of drug-likeness (QED) is 0.289. The van der Waals surface area contributed by atoms with Gasteiger partial charge in [0, 0.05) is 31.1 Å². The smallest absolute Gasteiger partial charge is 0.429 e. The Balaban J connectivity index is 1.17. The standard InChI is InChI=1S/C35H54N4O3/c1-6-20-39(34(41)42-35(3,4)5)36-33(40)32-14-12-30(13-15-32)31-18-23-38(24-19-31)26-29-16-21-37(22-17-29)25-28-10-8-27(7-2)9-11-28/h2,12-15,27-29,31H,6,8-11,16-26H2,1,3-5H3,(H,36,40). The Morgan fingerprint density at radius 3 is 1.98 bits per heavy atom. The van der Waals surface area contributed by atoms with Gasteiger partial charge in [0.05, 0.1) is 0 Å². The predicted octanol–water partition coefficient (Wildman–Crippen LogP) is 6.31. The number of terminal acetylenes is 1. The molecule has 3 fully saturated rings. The number of amides is 2. The molecule has 1 aliphatic carbocycles. The first-order chi connectivity index (χ1) is 20.1. The number of likely N-dealkylation sites (tertiary alicyclic amines) is 2. The average molecular weight is 579 g/mol. The van der Waals surface area contributed by atoms with Crippen molar-refractivity contribution in [2.24, 2.45) is 17.8 Å². The normalized spacial score (nSPS) is 23.2. The summed E-state index contributed by atoms with van der Waals surface area (Å²) in [5, 5.41) is 1.27. The first kappa shape index (κ1) is 32.4. The fourth-order valence-electron chi connectivity index (χ4n) is 6.87. The molecule has 0 atom stereocenters. The summed E-state index contributed by atoms with van der Waals surface area (Å²) in [6.45, 7) is 15.1. The van der Waals surface area contributed by atoms with E-state index in [1.165, 1.54) is 75.3 Å². The molecule has 0 bridgehead atoms. The number of nitrogens with zero attached hydrogens (tertiary/aromatic N) is 3. The van der Waals surface area contributed by atoms with Crippen molar-refractivity contribution in [1.29, 1.82) is 0 Å². The van der Waals surface area contributed by atoms with Gasteiger partial charge in [-0.1, -0.05) is 19.1 Å². The third kappa shape index (κ3) is 9.74. The Morgan fingerprint density at radius 1 is 0.905 bits per heavy atom. The van der Waals surface area contributed by atoms with E-state index in [0.717, 1.165) is 37.8 Å². The average Bonchev–Trinajstić information content (AvgIpc) is 2.98. The second-order valence-corrected chi connectivity index (χ2v) is 13.9. The van der Waals surface area contributed by atoms with Gasteiger partial charge in [0.25, 0.3) is 5.91 Å². The van der Waals surface area contributed by atoms with Crippen LogP contribution in [0.2, 0.25) is 0 Å². The first-order valence-corrected chi connectivity index (χ1v) is 16.5. The summed E-state index contributed by atoms with van der Waals surface area (Å²) >= 11 is 0. The van der Waals surface area contributed by atoms with Crippen molar-refractivity contribution < 1.29 is 14.3 Å². The Hall–Kier alpha value is -2.56. The summed E-state index contributed by atoms with van der Waals surface area (Å²) in [4.78, 5) is 30.8. The van der Waals surface area contributed by atoms with E-state index in [4.69, 9.17) is 11.2 Å². The largest absolute Gasteiger partial charge is 0.442 e. The van der Waals surface area contributed by atoms with Gasteiger partial charge in [-0.15, -0.1) is 12.3 Å². The third-order valence-electron chi connectivity index (χ3n) is 9.35. The number of rotatable bonds is 8. The van der Waals surface area contributed by atoms with Crippen molar-refractivity contribution in [3.63, 3.8) is 0 Å². The van der Waals surface area contributed by atoms with Gasteiger partial charge in [-0.3, -0.25) is 10.2 Å². The van der Waals surface area contributed by atoms with Crippen LogP contribution in [0.1, 0.15) is 107 Å². The van der Waals surface area contributed by atoms with Crippen molar-refractivity contribution in [2.45, 2.75) is 97.0 Å². The molecule has 2 heterocycles. The van der Waals surface area contributed by atoms with Crippen LogP contribution in [0.15, 0.2) is 24.3 Å².